The first-order chi connectivity index (χ1) is 12.1. The summed E-state index contributed by atoms with van der Waals surface area (Å²) in [6, 6.07) is 14.8. The fraction of sp³-hybridized carbons (Fsp3) is 0. The predicted octanol–water partition coefficient (Wildman–Crippen LogP) is 2.54. The molecule has 0 atom stereocenters. The third-order valence-corrected chi connectivity index (χ3v) is 3.38. The summed E-state index contributed by atoms with van der Waals surface area (Å²) >= 11 is 0. The Labute approximate surface area is 142 Å². The second-order valence-electron chi connectivity index (χ2n) is 4.99. The van der Waals surface area contributed by atoms with Gasteiger partial charge in [0, 0.05) is 30.2 Å². The van der Waals surface area contributed by atoms with Crippen LogP contribution in [-0.2, 0) is 0 Å². The van der Waals surface area contributed by atoms with Gasteiger partial charge >= 0.3 is 0 Å². The van der Waals surface area contributed by atoms with Crippen LogP contribution in [0.3, 0.4) is 0 Å². The molecular formula is C17H13N5O3. The van der Waals surface area contributed by atoms with Crippen LogP contribution in [0.5, 0.6) is 0 Å². The molecule has 2 aromatic heterocycles. The number of amides is 1. The number of carbonyl (C=O) groups excluding carboxylic acids is 1. The van der Waals surface area contributed by atoms with Crippen LogP contribution in [0.1, 0.15) is 16.2 Å². The lowest BCUT2D eigenvalue weighted by atomic mass is 10.3. The Kier molecular flexibility index (Phi) is 4.61. The number of aromatic nitrogens is 2. The number of pyridine rings is 1. The second-order valence-corrected chi connectivity index (χ2v) is 4.99. The van der Waals surface area contributed by atoms with Crippen molar-refractivity contribution in [2.75, 3.05) is 0 Å². The van der Waals surface area contributed by atoms with Gasteiger partial charge in [-0.15, -0.1) is 0 Å². The van der Waals surface area contributed by atoms with Gasteiger partial charge in [0.05, 0.1) is 16.8 Å². The van der Waals surface area contributed by atoms with Gasteiger partial charge in [-0.2, -0.15) is 5.10 Å². The molecule has 0 aliphatic heterocycles. The largest absolute Gasteiger partial charge is 0.316 e. The van der Waals surface area contributed by atoms with Gasteiger partial charge in [-0.3, -0.25) is 19.9 Å². The molecule has 0 aliphatic carbocycles. The summed E-state index contributed by atoms with van der Waals surface area (Å²) in [5.41, 5.74) is 4.14. The Morgan fingerprint density at radius 3 is 2.64 bits per heavy atom. The maximum Gasteiger partial charge on any atom is 0.289 e. The molecule has 2 heterocycles. The zero-order chi connectivity index (χ0) is 17.6. The summed E-state index contributed by atoms with van der Waals surface area (Å²) in [7, 11) is 0. The number of hydrogen-bond acceptors (Lipinski definition) is 5. The number of nitrogens with one attached hydrogen (secondary N) is 1. The monoisotopic (exact) mass is 335 g/mol. The Morgan fingerprint density at radius 1 is 1.16 bits per heavy atom. The average molecular weight is 335 g/mol. The molecule has 124 valence electrons. The third kappa shape index (κ3) is 3.75. The highest BCUT2D eigenvalue weighted by atomic mass is 16.6. The van der Waals surface area contributed by atoms with Gasteiger partial charge in [-0.25, -0.2) is 5.43 Å². The first-order valence-electron chi connectivity index (χ1n) is 7.32. The first kappa shape index (κ1) is 16.1. The molecule has 1 amide bonds. The summed E-state index contributed by atoms with van der Waals surface area (Å²) in [5, 5.41) is 14.6. The van der Waals surface area contributed by atoms with E-state index in [1.165, 1.54) is 24.5 Å². The van der Waals surface area contributed by atoms with E-state index in [-0.39, 0.29) is 11.4 Å². The van der Waals surface area contributed by atoms with Crippen molar-refractivity contribution >= 4 is 17.8 Å². The Hall–Kier alpha value is -3.81. The van der Waals surface area contributed by atoms with E-state index >= 15 is 0 Å². The van der Waals surface area contributed by atoms with Crippen LogP contribution in [0.4, 0.5) is 5.69 Å². The van der Waals surface area contributed by atoms with Crippen LogP contribution in [0.2, 0.25) is 0 Å². The van der Waals surface area contributed by atoms with Crippen molar-refractivity contribution in [1.29, 1.82) is 0 Å². The molecule has 25 heavy (non-hydrogen) atoms. The Morgan fingerprint density at radius 2 is 1.96 bits per heavy atom. The Balaban J connectivity index is 1.73. The van der Waals surface area contributed by atoms with Crippen LogP contribution < -0.4 is 5.43 Å². The minimum absolute atomic E-state index is 0.0220. The zero-order valence-electron chi connectivity index (χ0n) is 12.9. The normalized spacial score (nSPS) is 10.7. The van der Waals surface area contributed by atoms with Crippen molar-refractivity contribution in [3.8, 4) is 5.69 Å². The van der Waals surface area contributed by atoms with Crippen LogP contribution in [-0.4, -0.2) is 26.6 Å². The van der Waals surface area contributed by atoms with Gasteiger partial charge in [-0.1, -0.05) is 6.07 Å². The molecule has 8 heteroatoms. The van der Waals surface area contributed by atoms with E-state index in [1.54, 1.807) is 47.2 Å². The fourth-order valence-electron chi connectivity index (χ4n) is 2.18. The lowest BCUT2D eigenvalue weighted by molar-refractivity contribution is -0.384. The molecule has 0 fully saturated rings. The topological polar surface area (TPSA) is 102 Å². The standard InChI is InChI=1S/C17H13N5O3/c23-17(16-5-1-2-10-18-16)20-19-12-15-4-3-11-21(15)13-6-8-14(9-7-13)22(24)25/h1-12H,(H,20,23). The van der Waals surface area contributed by atoms with Crippen LogP contribution in [0.15, 0.2) is 72.1 Å². The summed E-state index contributed by atoms with van der Waals surface area (Å²) in [6.45, 7) is 0. The van der Waals surface area contributed by atoms with E-state index in [0.29, 0.717) is 5.69 Å². The highest BCUT2D eigenvalue weighted by molar-refractivity contribution is 5.92. The van der Waals surface area contributed by atoms with Crippen molar-refractivity contribution in [3.05, 3.63) is 88.5 Å². The summed E-state index contributed by atoms with van der Waals surface area (Å²) < 4.78 is 1.79. The number of rotatable bonds is 5. The molecule has 0 unspecified atom stereocenters. The van der Waals surface area contributed by atoms with Gasteiger partial charge in [-0.05, 0) is 36.4 Å². The average Bonchev–Trinajstić information content (AvgIpc) is 3.11. The highest BCUT2D eigenvalue weighted by Gasteiger charge is 2.07. The molecule has 0 spiro atoms. The number of nitrogens with zero attached hydrogens (tertiary/aromatic N) is 4. The summed E-state index contributed by atoms with van der Waals surface area (Å²) in [4.78, 5) is 26.1. The number of benzene rings is 1. The maximum atomic E-state index is 11.9. The molecule has 0 aliphatic rings. The van der Waals surface area contributed by atoms with Crippen molar-refractivity contribution in [3.63, 3.8) is 0 Å². The zero-order valence-corrected chi connectivity index (χ0v) is 12.9. The highest BCUT2D eigenvalue weighted by Crippen LogP contribution is 2.16. The van der Waals surface area contributed by atoms with Crippen molar-refractivity contribution in [2.24, 2.45) is 5.10 Å². The number of nitro groups is 1. The van der Waals surface area contributed by atoms with Crippen LogP contribution >= 0.6 is 0 Å². The lowest BCUT2D eigenvalue weighted by Gasteiger charge is -2.05. The molecule has 1 N–H and O–H groups in total. The first-order valence-corrected chi connectivity index (χ1v) is 7.32. The Bertz CT molecular complexity index is 917. The number of hydrazone groups is 1. The number of non-ortho nitro benzene ring substituents is 1. The smallest absolute Gasteiger partial charge is 0.289 e. The van der Waals surface area contributed by atoms with Gasteiger partial charge < -0.3 is 4.57 Å². The predicted molar refractivity (Wildman–Crippen MR) is 91.7 cm³/mol. The van der Waals surface area contributed by atoms with Crippen LogP contribution in [0, 0.1) is 10.1 Å². The second kappa shape index (κ2) is 7.18. The van der Waals surface area contributed by atoms with Gasteiger partial charge in [0.15, 0.2) is 0 Å². The van der Waals surface area contributed by atoms with E-state index in [2.05, 4.69) is 15.5 Å². The van der Waals surface area contributed by atoms with Crippen molar-refractivity contribution in [1.82, 2.24) is 15.0 Å². The molecule has 0 saturated heterocycles. The molecular weight excluding hydrogens is 322 g/mol. The van der Waals surface area contributed by atoms with Gasteiger partial charge in [0.2, 0.25) is 0 Å². The molecule has 0 radical (unpaired) electrons. The van der Waals surface area contributed by atoms with Gasteiger partial charge in [0.1, 0.15) is 5.69 Å². The van der Waals surface area contributed by atoms with Crippen molar-refractivity contribution in [2.45, 2.75) is 0 Å². The SMILES string of the molecule is O=C(NN=Cc1cccn1-c1ccc([N+](=O)[O-])cc1)c1ccccn1. The minimum atomic E-state index is -0.449. The van der Waals surface area contributed by atoms with Crippen molar-refractivity contribution < 1.29 is 9.72 Å². The van der Waals surface area contributed by atoms with E-state index < -0.39 is 10.8 Å². The molecule has 0 bridgehead atoms. The molecule has 8 nitrogen and oxygen atoms in total. The number of nitro benzene ring substituents is 1. The fourth-order valence-corrected chi connectivity index (χ4v) is 2.18. The van der Waals surface area contributed by atoms with E-state index in [0.717, 1.165) is 5.69 Å². The molecule has 3 aromatic rings. The summed E-state index contributed by atoms with van der Waals surface area (Å²) in [6.07, 6.45) is 4.81. The van der Waals surface area contributed by atoms with E-state index in [4.69, 9.17) is 0 Å². The maximum absolute atomic E-state index is 11.9. The minimum Gasteiger partial charge on any atom is -0.316 e. The molecule has 3 rings (SSSR count). The summed E-state index contributed by atoms with van der Waals surface area (Å²) in [5.74, 6) is -0.412. The van der Waals surface area contributed by atoms with Gasteiger partial charge in [0.25, 0.3) is 11.6 Å². The third-order valence-electron chi connectivity index (χ3n) is 3.38. The van der Waals surface area contributed by atoms with E-state index in [9.17, 15) is 14.9 Å². The number of carbonyl (C=O) groups is 1. The van der Waals surface area contributed by atoms with E-state index in [1.807, 2.05) is 6.07 Å². The molecule has 0 saturated carbocycles. The lowest BCUT2D eigenvalue weighted by Crippen LogP contribution is -2.18. The number of hydrogen-bond donors (Lipinski definition) is 1. The quantitative estimate of drug-likeness (QED) is 0.439. The molecule has 1 aromatic carbocycles. The van der Waals surface area contributed by atoms with Crippen LogP contribution in [0.25, 0.3) is 5.69 Å².